The second-order valence-corrected chi connectivity index (χ2v) is 7.34. The fraction of sp³-hybridized carbons (Fsp3) is 0.588. The van der Waals surface area contributed by atoms with E-state index in [1.807, 2.05) is 0 Å². The highest BCUT2D eigenvalue weighted by Gasteiger charge is 2.28. The fourth-order valence-corrected chi connectivity index (χ4v) is 4.25. The van der Waals surface area contributed by atoms with Crippen molar-refractivity contribution < 1.29 is 33.7 Å². The van der Waals surface area contributed by atoms with Crippen LogP contribution in [0.3, 0.4) is 0 Å². The molecule has 144 valence electrons. The zero-order chi connectivity index (χ0) is 19.3. The standard InChI is InChI=1S/C17H25N3O5S/c1-5-19-6-8-20(9-7-19)10-12(21)18-15-13(16(22)24-3)11(2)14(26-15)17(23)25-4/h5-10H2,1-4H3,(H,18,21)/p+2. The number of hydrogen-bond donors (Lipinski definition) is 3. The molecule has 0 aromatic carbocycles. The lowest BCUT2D eigenvalue weighted by Gasteiger charge is -2.28. The molecule has 1 amide bonds. The summed E-state index contributed by atoms with van der Waals surface area (Å²) in [7, 11) is 2.54. The average Bonchev–Trinajstić information content (AvgIpc) is 2.96. The molecule has 8 nitrogen and oxygen atoms in total. The Morgan fingerprint density at radius 1 is 1.04 bits per heavy atom. The first kappa shape index (κ1) is 20.3. The van der Waals surface area contributed by atoms with Gasteiger partial charge < -0.3 is 24.6 Å². The van der Waals surface area contributed by atoms with Crippen molar-refractivity contribution in [2.24, 2.45) is 0 Å². The van der Waals surface area contributed by atoms with E-state index in [2.05, 4.69) is 12.2 Å². The molecule has 0 spiro atoms. The van der Waals surface area contributed by atoms with Crippen molar-refractivity contribution >= 4 is 34.2 Å². The molecule has 26 heavy (non-hydrogen) atoms. The largest absolute Gasteiger partial charge is 0.465 e. The highest BCUT2D eigenvalue weighted by molar-refractivity contribution is 7.18. The monoisotopic (exact) mass is 385 g/mol. The number of methoxy groups -OCH3 is 2. The minimum Gasteiger partial charge on any atom is -0.465 e. The summed E-state index contributed by atoms with van der Waals surface area (Å²) in [5.74, 6) is -1.30. The molecular formula is C17H27N3O5S+2. The third kappa shape index (κ3) is 4.60. The maximum atomic E-state index is 12.5. The number of quaternary nitrogens is 2. The summed E-state index contributed by atoms with van der Waals surface area (Å²) < 4.78 is 9.54. The molecule has 3 N–H and O–H groups in total. The number of ether oxygens (including phenoxy) is 2. The van der Waals surface area contributed by atoms with Crippen LogP contribution >= 0.6 is 11.3 Å². The van der Waals surface area contributed by atoms with Crippen molar-refractivity contribution in [3.8, 4) is 0 Å². The van der Waals surface area contributed by atoms with Gasteiger partial charge in [-0.1, -0.05) is 0 Å². The number of nitrogens with one attached hydrogen (secondary N) is 3. The van der Waals surface area contributed by atoms with Gasteiger partial charge in [0, 0.05) is 0 Å². The summed E-state index contributed by atoms with van der Waals surface area (Å²) in [6, 6.07) is 0. The molecule has 0 bridgehead atoms. The van der Waals surface area contributed by atoms with Crippen molar-refractivity contribution in [3.63, 3.8) is 0 Å². The van der Waals surface area contributed by atoms with Crippen molar-refractivity contribution in [3.05, 3.63) is 16.0 Å². The van der Waals surface area contributed by atoms with Gasteiger partial charge in [0.1, 0.15) is 36.1 Å². The first-order valence-corrected chi connectivity index (χ1v) is 9.49. The molecule has 0 unspecified atom stereocenters. The molecular weight excluding hydrogens is 358 g/mol. The minimum atomic E-state index is -0.586. The molecule has 9 heteroatoms. The van der Waals surface area contributed by atoms with Gasteiger partial charge in [-0.05, 0) is 19.4 Å². The number of amides is 1. The SMILES string of the molecule is CC[NH+]1CC[NH+](CC(=O)Nc2sc(C(=O)OC)c(C)c2C(=O)OC)CC1. The van der Waals surface area contributed by atoms with Crippen LogP contribution < -0.4 is 15.1 Å². The number of anilines is 1. The molecule has 2 rings (SSSR count). The summed E-state index contributed by atoms with van der Waals surface area (Å²) in [5.41, 5.74) is 0.665. The summed E-state index contributed by atoms with van der Waals surface area (Å²) in [6.45, 7) is 9.24. The normalized spacial score (nSPS) is 19.7. The molecule has 1 aliphatic rings. The fourth-order valence-electron chi connectivity index (χ4n) is 3.12. The summed E-state index contributed by atoms with van der Waals surface area (Å²) in [4.78, 5) is 39.5. The summed E-state index contributed by atoms with van der Waals surface area (Å²) >= 11 is 1.04. The number of piperazine rings is 1. The van der Waals surface area contributed by atoms with E-state index in [4.69, 9.17) is 9.47 Å². The topological polar surface area (TPSA) is 90.6 Å². The van der Waals surface area contributed by atoms with Gasteiger partial charge >= 0.3 is 11.9 Å². The van der Waals surface area contributed by atoms with Gasteiger partial charge in [-0.3, -0.25) is 4.79 Å². The van der Waals surface area contributed by atoms with Gasteiger partial charge in [0.2, 0.25) is 0 Å². The van der Waals surface area contributed by atoms with Gasteiger partial charge in [0.25, 0.3) is 5.91 Å². The highest BCUT2D eigenvalue weighted by atomic mass is 32.1. The third-order valence-corrected chi connectivity index (χ3v) is 5.92. The predicted molar refractivity (Wildman–Crippen MR) is 97.2 cm³/mol. The van der Waals surface area contributed by atoms with Crippen LogP contribution in [0.1, 0.15) is 32.5 Å². The Kier molecular flexibility index (Phi) is 7.13. The van der Waals surface area contributed by atoms with Crippen LogP contribution in [0.15, 0.2) is 0 Å². The number of rotatable bonds is 6. The smallest absolute Gasteiger partial charge is 0.348 e. The molecule has 0 atom stereocenters. The third-order valence-electron chi connectivity index (χ3n) is 4.73. The van der Waals surface area contributed by atoms with Crippen molar-refractivity contribution in [1.29, 1.82) is 0 Å². The van der Waals surface area contributed by atoms with Crippen molar-refractivity contribution in [1.82, 2.24) is 0 Å². The number of esters is 2. The van der Waals surface area contributed by atoms with Gasteiger partial charge in [0.05, 0.1) is 26.3 Å². The zero-order valence-electron chi connectivity index (χ0n) is 15.7. The molecule has 1 saturated heterocycles. The van der Waals surface area contributed by atoms with Crippen LogP contribution in [0, 0.1) is 6.92 Å². The second kappa shape index (κ2) is 9.11. The van der Waals surface area contributed by atoms with Crippen LogP contribution in [0.25, 0.3) is 0 Å². The van der Waals surface area contributed by atoms with Crippen LogP contribution in [-0.2, 0) is 14.3 Å². The Bertz CT molecular complexity index is 680. The molecule has 1 fully saturated rings. The van der Waals surface area contributed by atoms with E-state index in [1.54, 1.807) is 11.8 Å². The van der Waals surface area contributed by atoms with E-state index in [1.165, 1.54) is 19.1 Å². The van der Waals surface area contributed by atoms with E-state index >= 15 is 0 Å². The lowest BCUT2D eigenvalue weighted by Crippen LogP contribution is -3.28. The molecule has 1 aromatic rings. The molecule has 0 saturated carbocycles. The van der Waals surface area contributed by atoms with E-state index < -0.39 is 11.9 Å². The maximum Gasteiger partial charge on any atom is 0.348 e. The molecule has 1 aliphatic heterocycles. The predicted octanol–water partition coefficient (Wildman–Crippen LogP) is -1.63. The van der Waals surface area contributed by atoms with E-state index in [0.717, 1.165) is 44.1 Å². The number of hydrogen-bond acceptors (Lipinski definition) is 6. The number of carbonyl (C=O) groups excluding carboxylic acids is 3. The summed E-state index contributed by atoms with van der Waals surface area (Å²) in [5, 5.41) is 3.11. The van der Waals surface area contributed by atoms with Gasteiger partial charge in [0.15, 0.2) is 6.54 Å². The Morgan fingerprint density at radius 3 is 2.15 bits per heavy atom. The zero-order valence-corrected chi connectivity index (χ0v) is 16.5. The van der Waals surface area contributed by atoms with Crippen LogP contribution in [0.2, 0.25) is 0 Å². The Hall–Kier alpha value is -1.97. The summed E-state index contributed by atoms with van der Waals surface area (Å²) in [6.07, 6.45) is 0. The Morgan fingerprint density at radius 2 is 1.62 bits per heavy atom. The van der Waals surface area contributed by atoms with Crippen LogP contribution in [0.5, 0.6) is 0 Å². The van der Waals surface area contributed by atoms with Crippen molar-refractivity contribution in [2.45, 2.75) is 13.8 Å². The van der Waals surface area contributed by atoms with Gasteiger partial charge in [-0.15, -0.1) is 11.3 Å². The maximum absolute atomic E-state index is 12.5. The number of likely N-dealkylation sites (N-methyl/N-ethyl adjacent to an activating group) is 1. The highest BCUT2D eigenvalue weighted by Crippen LogP contribution is 2.34. The minimum absolute atomic E-state index is 0.178. The number of carbonyl (C=O) groups is 3. The van der Waals surface area contributed by atoms with Crippen LogP contribution in [0.4, 0.5) is 5.00 Å². The first-order valence-electron chi connectivity index (χ1n) is 8.68. The molecule has 0 aliphatic carbocycles. The lowest BCUT2D eigenvalue weighted by atomic mass is 10.1. The number of thiophene rings is 1. The lowest BCUT2D eigenvalue weighted by molar-refractivity contribution is -1.01. The van der Waals surface area contributed by atoms with Gasteiger partial charge in [-0.2, -0.15) is 0 Å². The molecule has 1 aromatic heterocycles. The quantitative estimate of drug-likeness (QED) is 0.512. The second-order valence-electron chi connectivity index (χ2n) is 6.32. The Balaban J connectivity index is 2.11. The van der Waals surface area contributed by atoms with E-state index in [0.29, 0.717) is 17.1 Å². The molecule has 0 radical (unpaired) electrons. The van der Waals surface area contributed by atoms with Crippen LogP contribution in [-0.4, -0.2) is 71.3 Å². The average molecular weight is 385 g/mol. The molecule has 2 heterocycles. The van der Waals surface area contributed by atoms with Gasteiger partial charge in [-0.25, -0.2) is 9.59 Å². The van der Waals surface area contributed by atoms with E-state index in [9.17, 15) is 14.4 Å². The van der Waals surface area contributed by atoms with E-state index in [-0.39, 0.29) is 16.3 Å². The Labute approximate surface area is 157 Å². The van der Waals surface area contributed by atoms with Crippen molar-refractivity contribution in [2.75, 3.05) is 58.8 Å². The first-order chi connectivity index (χ1) is 12.4.